The van der Waals surface area contributed by atoms with Crippen LogP contribution in [0.3, 0.4) is 0 Å². The molecule has 0 rings (SSSR count). The minimum absolute atomic E-state index is 0.00116. The second-order valence-electron chi connectivity index (χ2n) is 2.23. The molecule has 0 aromatic rings. The monoisotopic (exact) mass is 142 g/mol. The predicted molar refractivity (Wildman–Crippen MR) is 41.8 cm³/mol. The third-order valence-corrected chi connectivity index (χ3v) is 0.991. The van der Waals surface area contributed by atoms with Gasteiger partial charge in [-0.1, -0.05) is 12.2 Å². The van der Waals surface area contributed by atoms with Crippen LogP contribution in [-0.2, 0) is 4.79 Å². The molecular weight excluding hydrogens is 128 g/mol. The first-order valence-electron chi connectivity index (χ1n) is 3.22. The van der Waals surface area contributed by atoms with Crippen molar-refractivity contribution in [1.82, 2.24) is 10.6 Å². The summed E-state index contributed by atoms with van der Waals surface area (Å²) in [4.78, 5) is 10.6. The van der Waals surface area contributed by atoms with E-state index in [1.807, 2.05) is 6.92 Å². The van der Waals surface area contributed by atoms with Gasteiger partial charge in [-0.25, -0.2) is 0 Å². The maximum absolute atomic E-state index is 10.6. The molecule has 0 fully saturated rings. The van der Waals surface area contributed by atoms with Gasteiger partial charge in [-0.15, -0.1) is 0 Å². The normalized spacial score (nSPS) is 9.00. The fraction of sp³-hybridized carbons (Fsp3) is 0.571. The first kappa shape index (κ1) is 9.17. The largest absolute Gasteiger partial charge is 0.358 e. The zero-order valence-corrected chi connectivity index (χ0v) is 6.53. The molecule has 2 N–H and O–H groups in total. The summed E-state index contributed by atoms with van der Waals surface area (Å²) in [5.41, 5.74) is 1.03. The number of nitrogens with one attached hydrogen (secondary N) is 2. The van der Waals surface area contributed by atoms with Crippen molar-refractivity contribution in [2.75, 3.05) is 20.1 Å². The molecule has 10 heavy (non-hydrogen) atoms. The average molecular weight is 142 g/mol. The Hall–Kier alpha value is -0.830. The van der Waals surface area contributed by atoms with Crippen molar-refractivity contribution in [1.29, 1.82) is 0 Å². The molecule has 0 aromatic heterocycles. The molecule has 0 bridgehead atoms. The van der Waals surface area contributed by atoms with Gasteiger partial charge in [-0.3, -0.25) is 4.79 Å². The van der Waals surface area contributed by atoms with Crippen LogP contribution < -0.4 is 10.6 Å². The van der Waals surface area contributed by atoms with Crippen molar-refractivity contribution in [3.05, 3.63) is 12.2 Å². The van der Waals surface area contributed by atoms with Crippen molar-refractivity contribution in [2.24, 2.45) is 0 Å². The van der Waals surface area contributed by atoms with Crippen molar-refractivity contribution < 1.29 is 4.79 Å². The van der Waals surface area contributed by atoms with E-state index >= 15 is 0 Å². The Morgan fingerprint density at radius 3 is 2.50 bits per heavy atom. The molecule has 1 amide bonds. The molecule has 0 spiro atoms. The maximum atomic E-state index is 10.6. The van der Waals surface area contributed by atoms with E-state index in [0.717, 1.165) is 5.57 Å². The number of amides is 1. The second kappa shape index (κ2) is 4.99. The summed E-state index contributed by atoms with van der Waals surface area (Å²) in [5.74, 6) is 0.00116. The highest BCUT2D eigenvalue weighted by Gasteiger charge is 1.94. The van der Waals surface area contributed by atoms with Gasteiger partial charge >= 0.3 is 0 Å². The Balaban J connectivity index is 3.20. The van der Waals surface area contributed by atoms with E-state index in [9.17, 15) is 4.79 Å². The molecule has 0 aliphatic rings. The molecule has 0 aliphatic heterocycles. The summed E-state index contributed by atoms with van der Waals surface area (Å²) in [7, 11) is 1.62. The number of hydrogen-bond acceptors (Lipinski definition) is 2. The number of hydrogen-bond donors (Lipinski definition) is 2. The van der Waals surface area contributed by atoms with Crippen LogP contribution in [0.15, 0.2) is 12.2 Å². The Bertz CT molecular complexity index is 132. The van der Waals surface area contributed by atoms with Crippen molar-refractivity contribution in [3.8, 4) is 0 Å². The summed E-state index contributed by atoms with van der Waals surface area (Å²) in [5, 5.41) is 5.43. The van der Waals surface area contributed by atoms with E-state index in [0.29, 0.717) is 13.1 Å². The van der Waals surface area contributed by atoms with Gasteiger partial charge < -0.3 is 10.6 Å². The molecule has 58 valence electrons. The SMILES string of the molecule is C=C(C)CNCC(=O)NC. The lowest BCUT2D eigenvalue weighted by molar-refractivity contribution is -0.119. The van der Waals surface area contributed by atoms with Gasteiger partial charge in [0.05, 0.1) is 6.54 Å². The Labute approximate surface area is 61.5 Å². The number of likely N-dealkylation sites (N-methyl/N-ethyl adjacent to an activating group) is 1. The van der Waals surface area contributed by atoms with E-state index in [2.05, 4.69) is 17.2 Å². The van der Waals surface area contributed by atoms with Gasteiger partial charge in [0.2, 0.25) is 5.91 Å². The molecule has 0 aromatic carbocycles. The Kier molecular flexibility index (Phi) is 4.58. The van der Waals surface area contributed by atoms with Gasteiger partial charge in [0.25, 0.3) is 0 Å². The third-order valence-electron chi connectivity index (χ3n) is 0.991. The lowest BCUT2D eigenvalue weighted by atomic mass is 10.3. The highest BCUT2D eigenvalue weighted by molar-refractivity contribution is 5.77. The molecule has 0 unspecified atom stereocenters. The standard InChI is InChI=1S/C7H14N2O/c1-6(2)4-9-5-7(10)8-3/h9H,1,4-5H2,2-3H3,(H,8,10). The van der Waals surface area contributed by atoms with Crippen LogP contribution in [0.2, 0.25) is 0 Å². The minimum Gasteiger partial charge on any atom is -0.358 e. The highest BCUT2D eigenvalue weighted by atomic mass is 16.1. The average Bonchev–Trinajstić information content (AvgIpc) is 1.87. The lowest BCUT2D eigenvalue weighted by Crippen LogP contribution is -2.31. The van der Waals surface area contributed by atoms with E-state index in [1.54, 1.807) is 7.05 Å². The van der Waals surface area contributed by atoms with Gasteiger partial charge in [0, 0.05) is 13.6 Å². The summed E-state index contributed by atoms with van der Waals surface area (Å²) in [6.07, 6.45) is 0. The zero-order valence-electron chi connectivity index (χ0n) is 6.53. The third kappa shape index (κ3) is 5.31. The predicted octanol–water partition coefficient (Wildman–Crippen LogP) is -0.102. The molecule has 0 saturated heterocycles. The number of carbonyl (C=O) groups is 1. The first-order valence-corrected chi connectivity index (χ1v) is 3.22. The molecule has 0 radical (unpaired) electrons. The van der Waals surface area contributed by atoms with Crippen LogP contribution in [0.4, 0.5) is 0 Å². The molecule has 0 heterocycles. The number of rotatable bonds is 4. The molecular formula is C7H14N2O. The van der Waals surface area contributed by atoms with Crippen LogP contribution >= 0.6 is 0 Å². The Morgan fingerprint density at radius 1 is 1.50 bits per heavy atom. The summed E-state index contributed by atoms with van der Waals surface area (Å²) < 4.78 is 0. The molecule has 3 nitrogen and oxygen atoms in total. The van der Waals surface area contributed by atoms with Crippen molar-refractivity contribution in [2.45, 2.75) is 6.92 Å². The fourth-order valence-electron chi connectivity index (χ4n) is 0.478. The summed E-state index contributed by atoms with van der Waals surface area (Å²) in [6, 6.07) is 0. The van der Waals surface area contributed by atoms with Crippen LogP contribution in [0.1, 0.15) is 6.92 Å². The number of carbonyl (C=O) groups excluding carboxylic acids is 1. The smallest absolute Gasteiger partial charge is 0.233 e. The fourth-order valence-corrected chi connectivity index (χ4v) is 0.478. The quantitative estimate of drug-likeness (QED) is 0.538. The van der Waals surface area contributed by atoms with Gasteiger partial charge in [-0.2, -0.15) is 0 Å². The van der Waals surface area contributed by atoms with E-state index in [1.165, 1.54) is 0 Å². The molecule has 3 heteroatoms. The van der Waals surface area contributed by atoms with Crippen LogP contribution in [0.25, 0.3) is 0 Å². The highest BCUT2D eigenvalue weighted by Crippen LogP contribution is 1.79. The first-order chi connectivity index (χ1) is 4.66. The summed E-state index contributed by atoms with van der Waals surface area (Å²) >= 11 is 0. The topological polar surface area (TPSA) is 41.1 Å². The van der Waals surface area contributed by atoms with E-state index < -0.39 is 0 Å². The van der Waals surface area contributed by atoms with Gasteiger partial charge in [0.1, 0.15) is 0 Å². The van der Waals surface area contributed by atoms with Crippen molar-refractivity contribution >= 4 is 5.91 Å². The van der Waals surface area contributed by atoms with Crippen molar-refractivity contribution in [3.63, 3.8) is 0 Å². The van der Waals surface area contributed by atoms with E-state index in [-0.39, 0.29) is 5.91 Å². The van der Waals surface area contributed by atoms with Crippen LogP contribution in [-0.4, -0.2) is 26.0 Å². The maximum Gasteiger partial charge on any atom is 0.233 e. The lowest BCUT2D eigenvalue weighted by Gasteiger charge is -2.01. The molecule has 0 atom stereocenters. The van der Waals surface area contributed by atoms with Gasteiger partial charge in [0.15, 0.2) is 0 Å². The summed E-state index contributed by atoms with van der Waals surface area (Å²) in [6.45, 7) is 6.66. The zero-order chi connectivity index (χ0) is 7.98. The minimum atomic E-state index is 0.00116. The Morgan fingerprint density at radius 2 is 2.10 bits per heavy atom. The van der Waals surface area contributed by atoms with E-state index in [4.69, 9.17) is 0 Å². The molecule has 0 aliphatic carbocycles. The second-order valence-corrected chi connectivity index (χ2v) is 2.23. The molecule has 0 saturated carbocycles. The van der Waals surface area contributed by atoms with Crippen LogP contribution in [0, 0.1) is 0 Å². The van der Waals surface area contributed by atoms with Gasteiger partial charge in [-0.05, 0) is 6.92 Å². The van der Waals surface area contributed by atoms with Crippen LogP contribution in [0.5, 0.6) is 0 Å².